The fourth-order valence-corrected chi connectivity index (χ4v) is 3.93. The lowest BCUT2D eigenvalue weighted by molar-refractivity contribution is -0.138. The Kier molecular flexibility index (Phi) is 5.45. The summed E-state index contributed by atoms with van der Waals surface area (Å²) in [7, 11) is 0. The summed E-state index contributed by atoms with van der Waals surface area (Å²) in [5, 5.41) is 23.5. The first-order chi connectivity index (χ1) is 12.7. The molecule has 144 valence electrons. The van der Waals surface area contributed by atoms with Crippen LogP contribution in [0, 0.1) is 0 Å². The summed E-state index contributed by atoms with van der Waals surface area (Å²) < 4.78 is 15.8. The summed E-state index contributed by atoms with van der Waals surface area (Å²) in [6, 6.07) is 7.19. The van der Waals surface area contributed by atoms with Gasteiger partial charge in [0.1, 0.15) is 5.60 Å². The van der Waals surface area contributed by atoms with E-state index in [9.17, 15) is 15.0 Å². The highest BCUT2D eigenvalue weighted by atomic mass is 35.5. The number of alkyl halides is 1. The van der Waals surface area contributed by atoms with E-state index < -0.39 is 29.8 Å². The van der Waals surface area contributed by atoms with Gasteiger partial charge in [-0.05, 0) is 43.5 Å². The van der Waals surface area contributed by atoms with Crippen molar-refractivity contribution in [1.29, 1.82) is 0 Å². The van der Waals surface area contributed by atoms with Crippen molar-refractivity contribution < 1.29 is 19.4 Å². The average Bonchev–Trinajstić information content (AvgIpc) is 2.65. The molecule has 3 rings (SSSR count). The number of hydrogen-bond donors (Lipinski definition) is 3. The Morgan fingerprint density at radius 3 is 2.78 bits per heavy atom. The van der Waals surface area contributed by atoms with Crippen LogP contribution in [0.2, 0.25) is 10.0 Å². The lowest BCUT2D eigenvalue weighted by atomic mass is 9.74. The van der Waals surface area contributed by atoms with Gasteiger partial charge >= 0.3 is 0 Å². The molecule has 2 unspecified atom stereocenters. The Morgan fingerprint density at radius 1 is 1.37 bits per heavy atom. The van der Waals surface area contributed by atoms with Crippen molar-refractivity contribution in [2.75, 3.05) is 6.61 Å². The summed E-state index contributed by atoms with van der Waals surface area (Å²) in [5.41, 5.74) is -3.50. The van der Waals surface area contributed by atoms with Crippen LogP contribution in [0.3, 0.4) is 0 Å². The molecule has 0 spiro atoms. The second-order valence-corrected chi connectivity index (χ2v) is 7.60. The summed E-state index contributed by atoms with van der Waals surface area (Å²) in [6.45, 7) is 1.08. The Labute approximate surface area is 166 Å². The van der Waals surface area contributed by atoms with Gasteiger partial charge in [-0.25, -0.2) is 4.39 Å². The highest BCUT2D eigenvalue weighted by molar-refractivity contribution is 6.35. The summed E-state index contributed by atoms with van der Waals surface area (Å²) in [6.07, 6.45) is 0.975. The molecule has 1 aromatic carbocycles. The van der Waals surface area contributed by atoms with E-state index in [-0.39, 0.29) is 24.1 Å². The molecule has 0 saturated carbocycles. The second-order valence-electron chi connectivity index (χ2n) is 6.75. The molecular formula is C19H19Cl2FN2O3. The number of pyridine rings is 1. The highest BCUT2D eigenvalue weighted by Crippen LogP contribution is 2.45. The molecule has 3 N–H and O–H groups in total. The number of carbonyl (C=O) groups excluding carboxylic acids is 1. The van der Waals surface area contributed by atoms with Crippen LogP contribution in [0.5, 0.6) is 0 Å². The predicted octanol–water partition coefficient (Wildman–Crippen LogP) is 3.40. The monoisotopic (exact) mass is 412 g/mol. The number of nitrogens with zero attached hydrogens (tertiary/aromatic N) is 1. The van der Waals surface area contributed by atoms with Crippen molar-refractivity contribution in [3.63, 3.8) is 0 Å². The number of fused-ring (bicyclic) bond motifs is 1. The van der Waals surface area contributed by atoms with E-state index in [0.717, 1.165) is 0 Å². The van der Waals surface area contributed by atoms with E-state index in [1.165, 1.54) is 18.3 Å². The van der Waals surface area contributed by atoms with Crippen LogP contribution in [-0.4, -0.2) is 27.7 Å². The van der Waals surface area contributed by atoms with E-state index in [1.807, 2.05) is 0 Å². The van der Waals surface area contributed by atoms with Crippen LogP contribution in [0.15, 0.2) is 36.5 Å². The Balaban J connectivity index is 1.91. The molecule has 8 heteroatoms. The molecule has 1 heterocycles. The fourth-order valence-electron chi connectivity index (χ4n) is 3.36. The first-order valence-electron chi connectivity index (χ1n) is 8.45. The average molecular weight is 413 g/mol. The molecule has 1 aliphatic rings. The number of aromatic nitrogens is 1. The van der Waals surface area contributed by atoms with Crippen LogP contribution < -0.4 is 5.32 Å². The first kappa shape index (κ1) is 20.0. The number of halogens is 3. The van der Waals surface area contributed by atoms with Gasteiger partial charge in [0, 0.05) is 21.8 Å². The number of carbonyl (C=O) groups is 1. The van der Waals surface area contributed by atoms with E-state index in [4.69, 9.17) is 23.2 Å². The minimum atomic E-state index is -2.38. The molecule has 1 aromatic heterocycles. The fraction of sp³-hybridized carbons (Fsp3) is 0.368. The van der Waals surface area contributed by atoms with Gasteiger partial charge in [-0.1, -0.05) is 35.3 Å². The van der Waals surface area contributed by atoms with Crippen LogP contribution in [0.1, 0.15) is 42.6 Å². The van der Waals surface area contributed by atoms with Crippen molar-refractivity contribution in [3.8, 4) is 0 Å². The van der Waals surface area contributed by atoms with Gasteiger partial charge in [0.25, 0.3) is 5.91 Å². The largest absolute Gasteiger partial charge is 0.393 e. The maximum absolute atomic E-state index is 15.8. The first-order valence-corrected chi connectivity index (χ1v) is 9.21. The third kappa shape index (κ3) is 3.55. The number of aliphatic hydroxyl groups is 2. The number of rotatable bonds is 4. The number of nitrogens with one attached hydrogen (secondary N) is 1. The van der Waals surface area contributed by atoms with E-state index in [1.54, 1.807) is 25.1 Å². The molecule has 1 amide bonds. The predicted molar refractivity (Wildman–Crippen MR) is 100 cm³/mol. The number of hydrogen-bond acceptors (Lipinski definition) is 4. The standard InChI is InChI=1S/C19H19Cl2FN2O3/c1-11(13-5-4-12(20)9-15(13)21)24-17(26)19(22)7-6-18(27,10-25)16-14(19)3-2-8-23-16/h2-5,8-9,11,25,27H,6-7,10H2,1H3,(H,24,26)/t11-,18?,19?/m1/s1. The van der Waals surface area contributed by atoms with Gasteiger partial charge in [-0.3, -0.25) is 9.78 Å². The quantitative estimate of drug-likeness (QED) is 0.718. The van der Waals surface area contributed by atoms with Crippen molar-refractivity contribution in [2.24, 2.45) is 0 Å². The minimum absolute atomic E-state index is 0.0198. The van der Waals surface area contributed by atoms with E-state index in [2.05, 4.69) is 10.3 Å². The van der Waals surface area contributed by atoms with Crippen LogP contribution >= 0.6 is 23.2 Å². The zero-order chi connectivity index (χ0) is 19.8. The zero-order valence-corrected chi connectivity index (χ0v) is 16.1. The third-order valence-electron chi connectivity index (χ3n) is 4.96. The summed E-state index contributed by atoms with van der Waals surface area (Å²) in [4.78, 5) is 16.8. The molecule has 0 fully saturated rings. The normalized spacial score (nSPS) is 25.6. The van der Waals surface area contributed by atoms with Crippen molar-refractivity contribution in [3.05, 3.63) is 63.4 Å². The van der Waals surface area contributed by atoms with Crippen molar-refractivity contribution >= 4 is 29.1 Å². The molecular weight excluding hydrogens is 394 g/mol. The smallest absolute Gasteiger partial charge is 0.262 e. The number of aliphatic hydroxyl groups excluding tert-OH is 1. The minimum Gasteiger partial charge on any atom is -0.393 e. The molecule has 3 atom stereocenters. The van der Waals surface area contributed by atoms with Crippen molar-refractivity contribution in [2.45, 2.75) is 37.1 Å². The van der Waals surface area contributed by atoms with Crippen LogP contribution in [0.25, 0.3) is 0 Å². The molecule has 0 bridgehead atoms. The Bertz CT molecular complexity index is 882. The lowest BCUT2D eigenvalue weighted by Gasteiger charge is -2.39. The zero-order valence-electron chi connectivity index (χ0n) is 14.5. The molecule has 1 aliphatic carbocycles. The van der Waals surface area contributed by atoms with Crippen molar-refractivity contribution in [1.82, 2.24) is 10.3 Å². The molecule has 27 heavy (non-hydrogen) atoms. The Hall–Kier alpha value is -1.73. The van der Waals surface area contributed by atoms with Gasteiger partial charge in [-0.15, -0.1) is 0 Å². The Morgan fingerprint density at radius 2 is 2.11 bits per heavy atom. The topological polar surface area (TPSA) is 82.5 Å². The SMILES string of the molecule is C[C@@H](NC(=O)C1(F)CCC(O)(CO)c2ncccc21)c1ccc(Cl)cc1Cl. The van der Waals surface area contributed by atoms with Crippen LogP contribution in [-0.2, 0) is 16.1 Å². The number of benzene rings is 1. The van der Waals surface area contributed by atoms with E-state index >= 15 is 4.39 Å². The highest BCUT2D eigenvalue weighted by Gasteiger charge is 2.52. The van der Waals surface area contributed by atoms with Crippen LogP contribution in [0.4, 0.5) is 4.39 Å². The molecule has 0 radical (unpaired) electrons. The number of amides is 1. The summed E-state index contributed by atoms with van der Waals surface area (Å²) in [5.74, 6) is -0.852. The maximum Gasteiger partial charge on any atom is 0.262 e. The second kappa shape index (κ2) is 7.36. The molecule has 2 aromatic rings. The van der Waals surface area contributed by atoms with Gasteiger partial charge in [0.05, 0.1) is 18.3 Å². The lowest BCUT2D eigenvalue weighted by Crippen LogP contribution is -2.49. The molecule has 5 nitrogen and oxygen atoms in total. The van der Waals surface area contributed by atoms with Gasteiger partial charge in [0.2, 0.25) is 5.67 Å². The van der Waals surface area contributed by atoms with Gasteiger partial charge in [0.15, 0.2) is 0 Å². The summed E-state index contributed by atoms with van der Waals surface area (Å²) >= 11 is 12.1. The van der Waals surface area contributed by atoms with Gasteiger partial charge < -0.3 is 15.5 Å². The van der Waals surface area contributed by atoms with Gasteiger partial charge in [-0.2, -0.15) is 0 Å². The third-order valence-corrected chi connectivity index (χ3v) is 5.52. The maximum atomic E-state index is 15.8. The van der Waals surface area contributed by atoms with E-state index in [0.29, 0.717) is 15.6 Å². The molecule has 0 saturated heterocycles. The molecule has 0 aliphatic heterocycles.